The lowest BCUT2D eigenvalue weighted by Gasteiger charge is -2.27. The van der Waals surface area contributed by atoms with E-state index in [0.29, 0.717) is 11.5 Å². The molecule has 0 bridgehead atoms. The van der Waals surface area contributed by atoms with Crippen LogP contribution in [-0.2, 0) is 15.0 Å². The van der Waals surface area contributed by atoms with Crippen molar-refractivity contribution in [2.45, 2.75) is 70.7 Å². The highest BCUT2D eigenvalue weighted by atomic mass is 16.6. The van der Waals surface area contributed by atoms with Crippen molar-refractivity contribution < 1.29 is 39.5 Å². The Morgan fingerprint density at radius 1 is 0.703 bits per heavy atom. The molecule has 4 atom stereocenters. The van der Waals surface area contributed by atoms with Gasteiger partial charge in [-0.25, -0.2) is 0 Å². The van der Waals surface area contributed by atoms with Gasteiger partial charge in [-0.15, -0.1) is 0 Å². The predicted molar refractivity (Wildman–Crippen MR) is 139 cm³/mol. The van der Waals surface area contributed by atoms with Crippen molar-refractivity contribution in [2.24, 2.45) is 0 Å². The minimum absolute atomic E-state index is 0.249. The maximum Gasteiger partial charge on any atom is 0.224 e. The minimum Gasteiger partial charge on any atom is -0.462 e. The normalized spacial score (nSPS) is 15.4. The minimum atomic E-state index is -1.55. The molecule has 0 fully saturated rings. The Labute approximate surface area is 217 Å². The summed E-state index contributed by atoms with van der Waals surface area (Å²) in [4.78, 5) is 23.2. The van der Waals surface area contributed by atoms with E-state index in [0.717, 1.165) is 11.1 Å². The van der Waals surface area contributed by atoms with Crippen LogP contribution >= 0.6 is 0 Å². The van der Waals surface area contributed by atoms with Crippen LogP contribution in [0.15, 0.2) is 72.8 Å². The van der Waals surface area contributed by atoms with Gasteiger partial charge in [0.25, 0.3) is 0 Å². The van der Waals surface area contributed by atoms with Crippen LogP contribution in [-0.4, -0.2) is 56.8 Å². The fraction of sp³-hybridized carbons (Fsp3) is 0.379. The van der Waals surface area contributed by atoms with Gasteiger partial charge in [0.1, 0.15) is 23.7 Å². The van der Waals surface area contributed by atoms with Gasteiger partial charge >= 0.3 is 0 Å². The zero-order valence-corrected chi connectivity index (χ0v) is 21.6. The van der Waals surface area contributed by atoms with Crippen LogP contribution in [0.5, 0.6) is 11.5 Å². The lowest BCUT2D eigenvalue weighted by molar-refractivity contribution is -0.129. The molecule has 0 saturated carbocycles. The third kappa shape index (κ3) is 8.94. The maximum absolute atomic E-state index is 11.6. The van der Waals surface area contributed by atoms with Crippen molar-refractivity contribution in [3.05, 3.63) is 84.0 Å². The summed E-state index contributed by atoms with van der Waals surface area (Å²) in [5, 5.41) is 40.1. The van der Waals surface area contributed by atoms with Gasteiger partial charge in [0.2, 0.25) is 12.6 Å². The Hall–Kier alpha value is -3.30. The molecular formula is C29H36O8. The Morgan fingerprint density at radius 3 is 1.32 bits per heavy atom. The molecule has 0 heterocycles. The molecule has 2 aromatic rings. The monoisotopic (exact) mass is 512 g/mol. The molecule has 0 amide bonds. The smallest absolute Gasteiger partial charge is 0.224 e. The number of aliphatic hydroxyl groups excluding tert-OH is 4. The van der Waals surface area contributed by atoms with E-state index in [1.54, 1.807) is 50.3 Å². The van der Waals surface area contributed by atoms with Crippen molar-refractivity contribution >= 4 is 11.6 Å². The number of carbonyl (C=O) groups is 2. The van der Waals surface area contributed by atoms with Gasteiger partial charge in [-0.2, -0.15) is 0 Å². The molecule has 200 valence electrons. The fourth-order valence-electron chi connectivity index (χ4n) is 3.62. The SMILES string of the molecule is CC=CC(=O)CC(O)C(O)Oc1ccc(C(C)(C)c2ccc(OC(O)C(O)CC(=O)C=CC)cc2)cc1. The molecule has 0 radical (unpaired) electrons. The number of rotatable bonds is 14. The van der Waals surface area contributed by atoms with Gasteiger partial charge in [0, 0.05) is 18.3 Å². The van der Waals surface area contributed by atoms with Crippen molar-refractivity contribution in [3.8, 4) is 11.5 Å². The summed E-state index contributed by atoms with van der Waals surface area (Å²) >= 11 is 0. The second-order valence-corrected chi connectivity index (χ2v) is 9.17. The summed E-state index contributed by atoms with van der Waals surface area (Å²) in [6.45, 7) is 7.43. The van der Waals surface area contributed by atoms with Crippen LogP contribution in [0, 0.1) is 0 Å². The molecule has 8 nitrogen and oxygen atoms in total. The summed E-state index contributed by atoms with van der Waals surface area (Å²) in [6, 6.07) is 14.0. The third-order valence-electron chi connectivity index (χ3n) is 5.85. The number of hydrogen-bond donors (Lipinski definition) is 4. The Bertz CT molecular complexity index is 985. The molecule has 4 N–H and O–H groups in total. The molecule has 8 heteroatoms. The maximum atomic E-state index is 11.6. The molecule has 0 aliphatic carbocycles. The van der Waals surface area contributed by atoms with Crippen molar-refractivity contribution in [2.75, 3.05) is 0 Å². The van der Waals surface area contributed by atoms with E-state index in [1.165, 1.54) is 12.2 Å². The topological polar surface area (TPSA) is 134 Å². The number of carbonyl (C=O) groups excluding carboxylic acids is 2. The van der Waals surface area contributed by atoms with Gasteiger partial charge in [-0.05, 0) is 61.4 Å². The van der Waals surface area contributed by atoms with Crippen LogP contribution < -0.4 is 9.47 Å². The van der Waals surface area contributed by atoms with Crippen LogP contribution in [0.3, 0.4) is 0 Å². The molecule has 0 aliphatic heterocycles. The molecular weight excluding hydrogens is 476 g/mol. The highest BCUT2D eigenvalue weighted by molar-refractivity contribution is 5.90. The molecule has 37 heavy (non-hydrogen) atoms. The van der Waals surface area contributed by atoms with E-state index in [1.807, 2.05) is 38.1 Å². The van der Waals surface area contributed by atoms with Crippen molar-refractivity contribution in [1.29, 1.82) is 0 Å². The Kier molecular flexibility index (Phi) is 11.2. The van der Waals surface area contributed by atoms with Crippen molar-refractivity contribution in [1.82, 2.24) is 0 Å². The lowest BCUT2D eigenvalue weighted by atomic mass is 9.78. The molecule has 0 aliphatic rings. The number of allylic oxidation sites excluding steroid dienone is 4. The number of benzene rings is 2. The number of ether oxygens (including phenoxy) is 2. The van der Waals surface area contributed by atoms with E-state index in [-0.39, 0.29) is 24.4 Å². The van der Waals surface area contributed by atoms with Gasteiger partial charge in [-0.1, -0.05) is 50.3 Å². The van der Waals surface area contributed by atoms with E-state index in [9.17, 15) is 30.0 Å². The average molecular weight is 513 g/mol. The molecule has 2 aromatic carbocycles. The summed E-state index contributed by atoms with van der Waals surface area (Å²) in [5.41, 5.74) is 1.47. The molecule has 4 unspecified atom stereocenters. The largest absolute Gasteiger partial charge is 0.462 e. The Morgan fingerprint density at radius 2 is 1.03 bits per heavy atom. The highest BCUT2D eigenvalue weighted by Gasteiger charge is 2.25. The zero-order chi connectivity index (χ0) is 27.6. The van der Waals surface area contributed by atoms with Crippen LogP contribution in [0.2, 0.25) is 0 Å². The second-order valence-electron chi connectivity index (χ2n) is 9.17. The summed E-state index contributed by atoms with van der Waals surface area (Å²) in [7, 11) is 0. The quantitative estimate of drug-likeness (QED) is 0.224. The Balaban J connectivity index is 2.01. The lowest BCUT2D eigenvalue weighted by Crippen LogP contribution is -2.33. The zero-order valence-electron chi connectivity index (χ0n) is 21.6. The first-order valence-electron chi connectivity index (χ1n) is 12.1. The molecule has 0 aromatic heterocycles. The van der Waals surface area contributed by atoms with Crippen molar-refractivity contribution in [3.63, 3.8) is 0 Å². The first-order chi connectivity index (χ1) is 17.5. The van der Waals surface area contributed by atoms with Gasteiger partial charge in [-0.3, -0.25) is 9.59 Å². The van der Waals surface area contributed by atoms with E-state index >= 15 is 0 Å². The average Bonchev–Trinajstić information content (AvgIpc) is 2.84. The standard InChI is InChI=1S/C29H36O8/c1-5-7-21(30)17-25(32)27(34)36-23-13-9-19(10-14-23)29(3,4)20-11-15-24(16-12-20)37-28(35)26(33)18-22(31)8-6-2/h5-16,25-28,32-35H,17-18H2,1-4H3. The molecule has 2 rings (SSSR count). The molecule has 0 spiro atoms. The predicted octanol–water partition coefficient (Wildman–Crippen LogP) is 3.20. The second kappa shape index (κ2) is 13.9. The summed E-state index contributed by atoms with van der Waals surface area (Å²) in [5.74, 6) is 0.0651. The van der Waals surface area contributed by atoms with E-state index < -0.39 is 30.2 Å². The van der Waals surface area contributed by atoms with Crippen LogP contribution in [0.4, 0.5) is 0 Å². The molecule has 0 saturated heterocycles. The first kappa shape index (κ1) is 29.9. The van der Waals surface area contributed by atoms with Gasteiger partial charge < -0.3 is 29.9 Å². The van der Waals surface area contributed by atoms with E-state index in [4.69, 9.17) is 9.47 Å². The van der Waals surface area contributed by atoms with Crippen LogP contribution in [0.1, 0.15) is 51.7 Å². The van der Waals surface area contributed by atoms with Gasteiger partial charge in [0.15, 0.2) is 11.6 Å². The van der Waals surface area contributed by atoms with E-state index in [2.05, 4.69) is 0 Å². The fourth-order valence-corrected chi connectivity index (χ4v) is 3.62. The number of hydrogen-bond acceptors (Lipinski definition) is 8. The third-order valence-corrected chi connectivity index (χ3v) is 5.85. The number of aliphatic hydroxyl groups is 4. The van der Waals surface area contributed by atoms with Gasteiger partial charge in [0.05, 0.1) is 0 Å². The highest BCUT2D eigenvalue weighted by Crippen LogP contribution is 2.33. The summed E-state index contributed by atoms with van der Waals surface area (Å²) in [6.07, 6.45) is -0.519. The summed E-state index contributed by atoms with van der Waals surface area (Å²) < 4.78 is 10.8. The first-order valence-corrected chi connectivity index (χ1v) is 12.1. The number of ketones is 2. The van der Waals surface area contributed by atoms with Crippen LogP contribution in [0.25, 0.3) is 0 Å².